The SMILES string of the molecule is Cc1ccc(CC2CCC(C3CCC(c4ccc(C(=O)NCc5ccc(O)cc5)cc4O)CC3)CC2)cc1F. The van der Waals surface area contributed by atoms with Gasteiger partial charge in [-0.1, -0.05) is 30.3 Å². The lowest BCUT2D eigenvalue weighted by atomic mass is 9.67. The predicted molar refractivity (Wildman–Crippen MR) is 152 cm³/mol. The largest absolute Gasteiger partial charge is 0.508 e. The highest BCUT2D eigenvalue weighted by Gasteiger charge is 2.32. The van der Waals surface area contributed by atoms with Crippen LogP contribution in [0.2, 0.25) is 0 Å². The first kappa shape index (κ1) is 27.2. The first-order valence-corrected chi connectivity index (χ1v) is 14.5. The molecule has 0 heterocycles. The number of hydrogen-bond donors (Lipinski definition) is 3. The van der Waals surface area contributed by atoms with E-state index in [1.165, 1.54) is 38.5 Å². The van der Waals surface area contributed by atoms with E-state index in [0.29, 0.717) is 23.9 Å². The second-order valence-electron chi connectivity index (χ2n) is 11.8. The normalized spacial score (nSPS) is 23.3. The second-order valence-corrected chi connectivity index (χ2v) is 11.8. The highest BCUT2D eigenvalue weighted by Crippen LogP contribution is 2.45. The summed E-state index contributed by atoms with van der Waals surface area (Å²) in [5.41, 5.74) is 4.15. The summed E-state index contributed by atoms with van der Waals surface area (Å²) in [5.74, 6) is 2.63. The number of aromatic hydroxyl groups is 2. The molecule has 0 saturated heterocycles. The van der Waals surface area contributed by atoms with E-state index in [4.69, 9.17) is 0 Å². The van der Waals surface area contributed by atoms with Gasteiger partial charge in [0.05, 0.1) is 0 Å². The van der Waals surface area contributed by atoms with Gasteiger partial charge in [0, 0.05) is 12.1 Å². The number of phenolic OH excluding ortho intramolecular Hbond substituents is 2. The number of nitrogens with one attached hydrogen (secondary N) is 1. The topological polar surface area (TPSA) is 69.6 Å². The summed E-state index contributed by atoms with van der Waals surface area (Å²) >= 11 is 0. The number of amides is 1. The Kier molecular flexibility index (Phi) is 8.54. The third kappa shape index (κ3) is 6.81. The van der Waals surface area contributed by atoms with Crippen molar-refractivity contribution in [3.8, 4) is 11.5 Å². The molecule has 3 N–H and O–H groups in total. The van der Waals surface area contributed by atoms with E-state index in [0.717, 1.165) is 53.4 Å². The lowest BCUT2D eigenvalue weighted by Gasteiger charge is -2.38. The minimum absolute atomic E-state index is 0.0903. The van der Waals surface area contributed by atoms with E-state index in [9.17, 15) is 19.4 Å². The van der Waals surface area contributed by atoms with Crippen molar-refractivity contribution >= 4 is 5.91 Å². The summed E-state index contributed by atoms with van der Waals surface area (Å²) in [7, 11) is 0. The molecule has 0 unspecified atom stereocenters. The van der Waals surface area contributed by atoms with E-state index in [2.05, 4.69) is 11.4 Å². The zero-order chi connectivity index (χ0) is 27.4. The zero-order valence-corrected chi connectivity index (χ0v) is 22.8. The summed E-state index contributed by atoms with van der Waals surface area (Å²) < 4.78 is 13.9. The van der Waals surface area contributed by atoms with Gasteiger partial charge in [-0.05, 0) is 141 Å². The Morgan fingerprint density at radius 1 is 0.821 bits per heavy atom. The molecule has 0 bridgehead atoms. The van der Waals surface area contributed by atoms with Gasteiger partial charge in [0.25, 0.3) is 5.91 Å². The van der Waals surface area contributed by atoms with Gasteiger partial charge in [-0.2, -0.15) is 0 Å². The van der Waals surface area contributed by atoms with Crippen LogP contribution in [0.5, 0.6) is 11.5 Å². The number of aryl methyl sites for hydroxylation is 1. The average Bonchev–Trinajstić information content (AvgIpc) is 2.95. The Bertz CT molecular complexity index is 1270. The average molecular weight is 530 g/mol. The second kappa shape index (κ2) is 12.2. The molecule has 0 radical (unpaired) electrons. The van der Waals surface area contributed by atoms with Crippen LogP contribution in [0.25, 0.3) is 0 Å². The molecule has 39 heavy (non-hydrogen) atoms. The fourth-order valence-electron chi connectivity index (χ4n) is 6.79. The molecule has 1 amide bonds. The number of carbonyl (C=O) groups is 1. The van der Waals surface area contributed by atoms with Gasteiger partial charge in [-0.15, -0.1) is 0 Å². The molecule has 4 nitrogen and oxygen atoms in total. The van der Waals surface area contributed by atoms with Crippen molar-refractivity contribution in [1.29, 1.82) is 0 Å². The fraction of sp³-hybridized carbons (Fsp3) is 0.441. The summed E-state index contributed by atoms with van der Waals surface area (Å²) in [6.45, 7) is 2.18. The van der Waals surface area contributed by atoms with Crippen molar-refractivity contribution in [1.82, 2.24) is 5.32 Å². The van der Waals surface area contributed by atoms with Crippen LogP contribution in [0.15, 0.2) is 60.7 Å². The van der Waals surface area contributed by atoms with Gasteiger partial charge in [-0.3, -0.25) is 4.79 Å². The molecule has 2 fully saturated rings. The van der Waals surface area contributed by atoms with Gasteiger partial charge in [0.1, 0.15) is 17.3 Å². The Hall–Kier alpha value is -3.34. The molecule has 206 valence electrons. The molecule has 5 heteroatoms. The Morgan fingerprint density at radius 3 is 2.10 bits per heavy atom. The quantitative estimate of drug-likeness (QED) is 0.292. The van der Waals surface area contributed by atoms with Crippen molar-refractivity contribution < 1.29 is 19.4 Å². The molecular weight excluding hydrogens is 489 g/mol. The number of rotatable bonds is 7. The highest BCUT2D eigenvalue weighted by atomic mass is 19.1. The monoisotopic (exact) mass is 529 g/mol. The van der Waals surface area contributed by atoms with Gasteiger partial charge < -0.3 is 15.5 Å². The number of carbonyl (C=O) groups excluding carboxylic acids is 1. The third-order valence-corrected chi connectivity index (χ3v) is 9.21. The number of benzene rings is 3. The predicted octanol–water partition coefficient (Wildman–Crippen LogP) is 7.80. The van der Waals surface area contributed by atoms with Crippen LogP contribution in [-0.2, 0) is 13.0 Å². The molecule has 3 aromatic carbocycles. The van der Waals surface area contributed by atoms with Crippen LogP contribution >= 0.6 is 0 Å². The van der Waals surface area contributed by atoms with Crippen LogP contribution < -0.4 is 5.32 Å². The Morgan fingerprint density at radius 2 is 1.46 bits per heavy atom. The molecule has 2 aliphatic carbocycles. The highest BCUT2D eigenvalue weighted by molar-refractivity contribution is 5.94. The van der Waals surface area contributed by atoms with Crippen molar-refractivity contribution in [3.63, 3.8) is 0 Å². The van der Waals surface area contributed by atoms with Crippen molar-refractivity contribution in [2.45, 2.75) is 77.2 Å². The Labute approximate surface area is 231 Å². The number of phenols is 2. The van der Waals surface area contributed by atoms with E-state index < -0.39 is 0 Å². The van der Waals surface area contributed by atoms with Crippen molar-refractivity contribution in [2.24, 2.45) is 17.8 Å². The summed E-state index contributed by atoms with van der Waals surface area (Å²) in [6, 6.07) is 17.8. The maximum absolute atomic E-state index is 13.9. The van der Waals surface area contributed by atoms with Gasteiger partial charge in [-0.25, -0.2) is 4.39 Å². The van der Waals surface area contributed by atoms with Crippen molar-refractivity contribution in [3.05, 3.63) is 94.3 Å². The lowest BCUT2D eigenvalue weighted by Crippen LogP contribution is -2.26. The summed E-state index contributed by atoms with van der Waals surface area (Å²) in [4.78, 5) is 12.6. The van der Waals surface area contributed by atoms with Crippen LogP contribution in [0, 0.1) is 30.5 Å². The first-order chi connectivity index (χ1) is 18.9. The molecule has 0 aromatic heterocycles. The molecule has 0 spiro atoms. The van der Waals surface area contributed by atoms with Gasteiger partial charge in [0.2, 0.25) is 0 Å². The third-order valence-electron chi connectivity index (χ3n) is 9.21. The summed E-state index contributed by atoms with van der Waals surface area (Å²) in [5, 5.41) is 23.1. The molecule has 5 rings (SSSR count). The van der Waals surface area contributed by atoms with Gasteiger partial charge in [0.15, 0.2) is 0 Å². The van der Waals surface area contributed by atoms with E-state index in [1.54, 1.807) is 36.4 Å². The molecule has 2 aliphatic rings. The van der Waals surface area contributed by atoms with E-state index >= 15 is 0 Å². The van der Waals surface area contributed by atoms with Crippen LogP contribution in [0.3, 0.4) is 0 Å². The number of halogens is 1. The zero-order valence-electron chi connectivity index (χ0n) is 22.8. The van der Waals surface area contributed by atoms with Crippen molar-refractivity contribution in [2.75, 3.05) is 0 Å². The van der Waals surface area contributed by atoms with E-state index in [-0.39, 0.29) is 23.2 Å². The van der Waals surface area contributed by atoms with Crippen LogP contribution in [0.4, 0.5) is 4.39 Å². The molecule has 0 atom stereocenters. The first-order valence-electron chi connectivity index (χ1n) is 14.5. The van der Waals surface area contributed by atoms with Crippen LogP contribution in [0.1, 0.15) is 89.9 Å². The smallest absolute Gasteiger partial charge is 0.251 e. The minimum atomic E-state index is -0.225. The molecule has 2 saturated carbocycles. The number of hydrogen-bond acceptors (Lipinski definition) is 3. The molecular formula is C34H40FNO3. The molecule has 0 aliphatic heterocycles. The van der Waals surface area contributed by atoms with E-state index in [1.807, 2.05) is 25.1 Å². The Balaban J connectivity index is 1.08. The maximum Gasteiger partial charge on any atom is 0.251 e. The summed E-state index contributed by atoms with van der Waals surface area (Å²) in [6.07, 6.45) is 10.5. The maximum atomic E-state index is 13.9. The standard InChI is InChI=1S/C34H40FNO3/c1-22-2-3-25(19-32(22)35)18-23-4-8-26(9-5-23)27-10-12-28(13-11-27)31-17-14-29(20-33(31)38)34(39)36-21-24-6-15-30(37)16-7-24/h2-3,6-7,14-17,19-20,23,26-28,37-38H,4-5,8-13,18,21H2,1H3,(H,36,39). The lowest BCUT2D eigenvalue weighted by molar-refractivity contribution is 0.0950. The molecule has 3 aromatic rings. The van der Waals surface area contributed by atoms with Crippen LogP contribution in [-0.4, -0.2) is 16.1 Å². The fourth-order valence-corrected chi connectivity index (χ4v) is 6.79. The minimum Gasteiger partial charge on any atom is -0.508 e. The van der Waals surface area contributed by atoms with Gasteiger partial charge >= 0.3 is 0 Å².